The maximum Gasteiger partial charge on any atom is 0.123 e. The van der Waals surface area contributed by atoms with Crippen LogP contribution in [0.25, 0.3) is 0 Å². The summed E-state index contributed by atoms with van der Waals surface area (Å²) in [7, 11) is 1.94. The van der Waals surface area contributed by atoms with E-state index in [1.54, 1.807) is 0 Å². The minimum absolute atomic E-state index is 0.135. The lowest BCUT2D eigenvalue weighted by atomic mass is 10.1. The second-order valence-corrected chi connectivity index (χ2v) is 4.43. The second kappa shape index (κ2) is 5.65. The number of hydrogen-bond donors (Lipinski definition) is 1. The van der Waals surface area contributed by atoms with Gasteiger partial charge in [0.1, 0.15) is 11.6 Å². The minimum atomic E-state index is -0.323. The first-order chi connectivity index (χ1) is 8.65. The first kappa shape index (κ1) is 12.6. The largest absolute Gasteiger partial charge is 0.508 e. The molecule has 0 aliphatic rings. The average Bonchev–Trinajstić information content (AvgIpc) is 2.35. The Hall–Kier alpha value is -1.87. The quantitative estimate of drug-likeness (QED) is 0.894. The van der Waals surface area contributed by atoms with Crippen LogP contribution in [0.1, 0.15) is 11.1 Å². The molecule has 0 aliphatic carbocycles. The fourth-order valence-electron chi connectivity index (χ4n) is 1.92. The van der Waals surface area contributed by atoms with Crippen molar-refractivity contribution in [2.24, 2.45) is 0 Å². The SMILES string of the molecule is CN(Cc1ccccc1)Cc1cc(F)ccc1O. The van der Waals surface area contributed by atoms with Crippen molar-refractivity contribution in [1.29, 1.82) is 0 Å². The van der Waals surface area contributed by atoms with Crippen LogP contribution in [0.15, 0.2) is 48.5 Å². The van der Waals surface area contributed by atoms with Crippen LogP contribution in [0.3, 0.4) is 0 Å². The van der Waals surface area contributed by atoms with Crippen molar-refractivity contribution in [2.45, 2.75) is 13.1 Å². The van der Waals surface area contributed by atoms with Gasteiger partial charge in [0.2, 0.25) is 0 Å². The molecule has 0 radical (unpaired) electrons. The summed E-state index contributed by atoms with van der Waals surface area (Å²) < 4.78 is 13.1. The summed E-state index contributed by atoms with van der Waals surface area (Å²) in [5.41, 5.74) is 1.80. The van der Waals surface area contributed by atoms with E-state index in [4.69, 9.17) is 0 Å². The highest BCUT2D eigenvalue weighted by molar-refractivity contribution is 5.32. The first-order valence-electron chi connectivity index (χ1n) is 5.85. The molecule has 0 atom stereocenters. The number of halogens is 1. The van der Waals surface area contributed by atoms with Gasteiger partial charge >= 0.3 is 0 Å². The van der Waals surface area contributed by atoms with Gasteiger partial charge in [-0.3, -0.25) is 4.90 Å². The number of phenolic OH excluding ortho intramolecular Hbond substituents is 1. The lowest BCUT2D eigenvalue weighted by Crippen LogP contribution is -2.17. The fraction of sp³-hybridized carbons (Fsp3) is 0.200. The Bertz CT molecular complexity index is 513. The van der Waals surface area contributed by atoms with Gasteiger partial charge < -0.3 is 5.11 Å². The highest BCUT2D eigenvalue weighted by Gasteiger charge is 2.07. The maximum atomic E-state index is 13.1. The summed E-state index contributed by atoms with van der Waals surface area (Å²) in [6, 6.07) is 14.1. The number of rotatable bonds is 4. The Morgan fingerprint density at radius 2 is 1.78 bits per heavy atom. The van der Waals surface area contributed by atoms with E-state index in [9.17, 15) is 9.50 Å². The molecular formula is C15H16FNO. The molecule has 2 aromatic rings. The van der Waals surface area contributed by atoms with E-state index in [0.29, 0.717) is 12.1 Å². The van der Waals surface area contributed by atoms with E-state index in [1.807, 2.05) is 42.3 Å². The number of nitrogens with zero attached hydrogens (tertiary/aromatic N) is 1. The predicted octanol–water partition coefficient (Wildman–Crippen LogP) is 3.16. The number of aromatic hydroxyl groups is 1. The van der Waals surface area contributed by atoms with Crippen LogP contribution >= 0.6 is 0 Å². The lowest BCUT2D eigenvalue weighted by Gasteiger charge is -2.17. The van der Waals surface area contributed by atoms with Gasteiger partial charge in [-0.2, -0.15) is 0 Å². The van der Waals surface area contributed by atoms with Crippen LogP contribution in [0.4, 0.5) is 4.39 Å². The van der Waals surface area contributed by atoms with Crippen molar-refractivity contribution in [3.8, 4) is 5.75 Å². The fourth-order valence-corrected chi connectivity index (χ4v) is 1.92. The summed E-state index contributed by atoms with van der Waals surface area (Å²) in [6.07, 6.45) is 0. The third-order valence-electron chi connectivity index (χ3n) is 2.78. The van der Waals surface area contributed by atoms with Crippen LogP contribution in [0.5, 0.6) is 5.75 Å². The van der Waals surface area contributed by atoms with Crippen LogP contribution < -0.4 is 0 Å². The van der Waals surface area contributed by atoms with Crippen LogP contribution in [-0.4, -0.2) is 17.1 Å². The second-order valence-electron chi connectivity index (χ2n) is 4.43. The molecule has 0 bridgehead atoms. The standard InChI is InChI=1S/C15H16FNO/c1-17(10-12-5-3-2-4-6-12)11-13-9-14(16)7-8-15(13)18/h2-9,18H,10-11H2,1H3. The van der Waals surface area contributed by atoms with Gasteiger partial charge in [-0.25, -0.2) is 4.39 Å². The smallest absolute Gasteiger partial charge is 0.123 e. The van der Waals surface area contributed by atoms with Crippen molar-refractivity contribution in [3.63, 3.8) is 0 Å². The molecule has 94 valence electrons. The van der Waals surface area contributed by atoms with Crippen molar-refractivity contribution in [2.75, 3.05) is 7.05 Å². The highest BCUT2D eigenvalue weighted by atomic mass is 19.1. The van der Waals surface area contributed by atoms with E-state index in [1.165, 1.54) is 23.8 Å². The molecule has 2 nitrogen and oxygen atoms in total. The molecule has 0 fully saturated rings. The molecule has 0 saturated carbocycles. The molecule has 0 aromatic heterocycles. The van der Waals surface area contributed by atoms with Gasteiger partial charge in [0.15, 0.2) is 0 Å². The van der Waals surface area contributed by atoms with E-state index in [0.717, 1.165) is 6.54 Å². The Kier molecular flexibility index (Phi) is 3.95. The van der Waals surface area contributed by atoms with E-state index < -0.39 is 0 Å². The molecule has 0 saturated heterocycles. The molecule has 18 heavy (non-hydrogen) atoms. The molecule has 0 aliphatic heterocycles. The summed E-state index contributed by atoms with van der Waals surface area (Å²) in [4.78, 5) is 2.03. The molecule has 2 rings (SSSR count). The van der Waals surface area contributed by atoms with E-state index in [-0.39, 0.29) is 11.6 Å². The van der Waals surface area contributed by atoms with Gasteiger partial charge in [0.05, 0.1) is 0 Å². The number of benzene rings is 2. The topological polar surface area (TPSA) is 23.5 Å². The number of hydrogen-bond acceptors (Lipinski definition) is 2. The van der Waals surface area contributed by atoms with E-state index >= 15 is 0 Å². The molecule has 1 N–H and O–H groups in total. The van der Waals surface area contributed by atoms with Gasteiger partial charge in [0, 0.05) is 18.7 Å². The number of phenols is 1. The Morgan fingerprint density at radius 3 is 2.50 bits per heavy atom. The van der Waals surface area contributed by atoms with Gasteiger partial charge in [-0.05, 0) is 30.8 Å². The summed E-state index contributed by atoms with van der Waals surface area (Å²) in [5.74, 6) is -0.188. The van der Waals surface area contributed by atoms with Gasteiger partial charge in [-0.15, -0.1) is 0 Å². The molecule has 0 amide bonds. The van der Waals surface area contributed by atoms with Crippen LogP contribution in [0.2, 0.25) is 0 Å². The third-order valence-corrected chi connectivity index (χ3v) is 2.78. The Balaban J connectivity index is 2.03. The van der Waals surface area contributed by atoms with E-state index in [2.05, 4.69) is 0 Å². The van der Waals surface area contributed by atoms with Crippen molar-refractivity contribution >= 4 is 0 Å². The van der Waals surface area contributed by atoms with Crippen LogP contribution in [-0.2, 0) is 13.1 Å². The summed E-state index contributed by atoms with van der Waals surface area (Å²) in [5, 5.41) is 9.66. The molecule has 3 heteroatoms. The molecule has 0 spiro atoms. The van der Waals surface area contributed by atoms with Gasteiger partial charge in [0.25, 0.3) is 0 Å². The minimum Gasteiger partial charge on any atom is -0.508 e. The monoisotopic (exact) mass is 245 g/mol. The zero-order valence-corrected chi connectivity index (χ0v) is 10.3. The summed E-state index contributed by atoms with van der Waals surface area (Å²) >= 11 is 0. The summed E-state index contributed by atoms with van der Waals surface area (Å²) in [6.45, 7) is 1.27. The van der Waals surface area contributed by atoms with Crippen molar-refractivity contribution in [3.05, 3.63) is 65.5 Å². The van der Waals surface area contributed by atoms with Crippen LogP contribution in [0, 0.1) is 5.82 Å². The lowest BCUT2D eigenvalue weighted by molar-refractivity contribution is 0.312. The Labute approximate surface area is 106 Å². The maximum absolute atomic E-state index is 13.1. The molecule has 2 aromatic carbocycles. The average molecular weight is 245 g/mol. The predicted molar refractivity (Wildman–Crippen MR) is 69.7 cm³/mol. The van der Waals surface area contributed by atoms with Gasteiger partial charge in [-0.1, -0.05) is 30.3 Å². The molecule has 0 unspecified atom stereocenters. The first-order valence-corrected chi connectivity index (χ1v) is 5.85. The molecule has 0 heterocycles. The zero-order valence-electron chi connectivity index (χ0n) is 10.3. The highest BCUT2D eigenvalue weighted by Crippen LogP contribution is 2.19. The van der Waals surface area contributed by atoms with Crippen molar-refractivity contribution in [1.82, 2.24) is 4.90 Å². The van der Waals surface area contributed by atoms with Crippen molar-refractivity contribution < 1.29 is 9.50 Å². The molecular weight excluding hydrogens is 229 g/mol. The normalized spacial score (nSPS) is 10.8. The Morgan fingerprint density at radius 1 is 1.06 bits per heavy atom. The third kappa shape index (κ3) is 3.31. The zero-order chi connectivity index (χ0) is 13.0.